The monoisotopic (exact) mass is 468 g/mol. The van der Waals surface area contributed by atoms with Crippen LogP contribution in [0.5, 0.6) is 5.75 Å². The standard InChI is InChI=1S/C17H11Br2FN2O3/c18-12-5-10(7-14-16(23)22-17(24)21-14)6-13(19)15(12)25-8-9-1-3-11(20)4-2-9/h1-7H,8H2,(H2,21,22,23,24)/b14-7-. The smallest absolute Gasteiger partial charge is 0.326 e. The van der Waals surface area contributed by atoms with Crippen LogP contribution < -0.4 is 15.4 Å². The summed E-state index contributed by atoms with van der Waals surface area (Å²) in [5, 5.41) is 4.56. The van der Waals surface area contributed by atoms with Gasteiger partial charge in [0.1, 0.15) is 23.9 Å². The number of hydrogen-bond donors (Lipinski definition) is 2. The number of amides is 3. The van der Waals surface area contributed by atoms with Gasteiger partial charge < -0.3 is 10.1 Å². The van der Waals surface area contributed by atoms with E-state index < -0.39 is 11.9 Å². The van der Waals surface area contributed by atoms with Crippen LogP contribution in [-0.2, 0) is 11.4 Å². The lowest BCUT2D eigenvalue weighted by atomic mass is 10.2. The third-order valence-electron chi connectivity index (χ3n) is 3.35. The van der Waals surface area contributed by atoms with Gasteiger partial charge in [-0.15, -0.1) is 0 Å². The first-order valence-corrected chi connectivity index (χ1v) is 8.71. The molecule has 1 saturated heterocycles. The topological polar surface area (TPSA) is 67.4 Å². The van der Waals surface area contributed by atoms with Crippen molar-refractivity contribution in [2.75, 3.05) is 0 Å². The average molecular weight is 470 g/mol. The maximum Gasteiger partial charge on any atom is 0.326 e. The molecule has 2 aromatic carbocycles. The van der Waals surface area contributed by atoms with Gasteiger partial charge in [-0.05, 0) is 73.3 Å². The molecule has 128 valence electrons. The Balaban J connectivity index is 1.78. The molecule has 0 saturated carbocycles. The molecule has 0 bridgehead atoms. The highest BCUT2D eigenvalue weighted by Gasteiger charge is 2.23. The van der Waals surface area contributed by atoms with E-state index in [2.05, 4.69) is 42.5 Å². The van der Waals surface area contributed by atoms with E-state index in [0.29, 0.717) is 20.3 Å². The molecule has 8 heteroatoms. The maximum atomic E-state index is 12.9. The Labute approximate surface area is 159 Å². The van der Waals surface area contributed by atoms with Crippen molar-refractivity contribution in [2.45, 2.75) is 6.61 Å². The van der Waals surface area contributed by atoms with Crippen LogP contribution in [0.25, 0.3) is 6.08 Å². The zero-order chi connectivity index (χ0) is 18.0. The number of urea groups is 1. The van der Waals surface area contributed by atoms with Gasteiger partial charge in [0.05, 0.1) is 8.95 Å². The van der Waals surface area contributed by atoms with Crippen LogP contribution in [0.15, 0.2) is 51.0 Å². The van der Waals surface area contributed by atoms with Crippen LogP contribution in [-0.4, -0.2) is 11.9 Å². The van der Waals surface area contributed by atoms with E-state index in [4.69, 9.17) is 4.74 Å². The van der Waals surface area contributed by atoms with Gasteiger partial charge in [0.25, 0.3) is 5.91 Å². The number of benzene rings is 2. The fraction of sp³-hybridized carbons (Fsp3) is 0.0588. The number of imide groups is 1. The number of hydrogen-bond acceptors (Lipinski definition) is 3. The summed E-state index contributed by atoms with van der Waals surface area (Å²) < 4.78 is 20.0. The van der Waals surface area contributed by atoms with E-state index in [1.54, 1.807) is 30.3 Å². The first-order chi connectivity index (χ1) is 11.9. The van der Waals surface area contributed by atoms with E-state index in [-0.39, 0.29) is 18.1 Å². The minimum Gasteiger partial charge on any atom is -0.487 e. The zero-order valence-electron chi connectivity index (χ0n) is 12.6. The number of ether oxygens (including phenoxy) is 1. The van der Waals surface area contributed by atoms with Crippen LogP contribution in [0.3, 0.4) is 0 Å². The van der Waals surface area contributed by atoms with Gasteiger partial charge in [-0.1, -0.05) is 12.1 Å². The molecule has 0 radical (unpaired) electrons. The van der Waals surface area contributed by atoms with Gasteiger partial charge in [-0.2, -0.15) is 0 Å². The van der Waals surface area contributed by atoms with E-state index in [9.17, 15) is 14.0 Å². The van der Waals surface area contributed by atoms with Crippen LogP contribution in [0.1, 0.15) is 11.1 Å². The van der Waals surface area contributed by atoms with Crippen molar-refractivity contribution in [3.63, 3.8) is 0 Å². The summed E-state index contributed by atoms with van der Waals surface area (Å²) in [6, 6.07) is 9.02. The number of halogens is 3. The van der Waals surface area contributed by atoms with Gasteiger partial charge in [-0.25, -0.2) is 9.18 Å². The normalized spacial score (nSPS) is 15.2. The molecule has 0 spiro atoms. The Hall–Kier alpha value is -2.19. The summed E-state index contributed by atoms with van der Waals surface area (Å²) >= 11 is 6.85. The van der Waals surface area contributed by atoms with Crippen molar-refractivity contribution in [3.8, 4) is 5.75 Å². The Kier molecular flexibility index (Phi) is 5.19. The second-order valence-corrected chi connectivity index (χ2v) is 6.90. The van der Waals surface area contributed by atoms with Gasteiger partial charge in [0.2, 0.25) is 0 Å². The van der Waals surface area contributed by atoms with Gasteiger partial charge >= 0.3 is 6.03 Å². The molecule has 0 atom stereocenters. The largest absolute Gasteiger partial charge is 0.487 e. The second-order valence-electron chi connectivity index (χ2n) is 5.20. The lowest BCUT2D eigenvalue weighted by Gasteiger charge is -2.11. The first-order valence-electron chi connectivity index (χ1n) is 7.12. The summed E-state index contributed by atoms with van der Waals surface area (Å²) in [4.78, 5) is 22.7. The molecule has 1 heterocycles. The molecular weight excluding hydrogens is 459 g/mol. The minimum absolute atomic E-state index is 0.170. The van der Waals surface area contributed by atoms with E-state index >= 15 is 0 Å². The number of carbonyl (C=O) groups is 2. The van der Waals surface area contributed by atoms with Crippen LogP contribution in [0, 0.1) is 5.82 Å². The molecule has 3 amide bonds. The maximum absolute atomic E-state index is 12.9. The molecule has 1 aliphatic rings. The van der Waals surface area contributed by atoms with E-state index in [1.165, 1.54) is 12.1 Å². The van der Waals surface area contributed by atoms with Crippen LogP contribution in [0.4, 0.5) is 9.18 Å². The Morgan fingerprint density at radius 1 is 1.04 bits per heavy atom. The molecule has 3 rings (SSSR count). The summed E-state index contributed by atoms with van der Waals surface area (Å²) in [6.07, 6.45) is 1.56. The molecule has 0 aliphatic carbocycles. The predicted molar refractivity (Wildman–Crippen MR) is 97.2 cm³/mol. The number of nitrogens with one attached hydrogen (secondary N) is 2. The van der Waals surface area contributed by atoms with Crippen molar-refractivity contribution in [3.05, 3.63) is 68.0 Å². The molecule has 25 heavy (non-hydrogen) atoms. The third kappa shape index (κ3) is 4.26. The van der Waals surface area contributed by atoms with Gasteiger partial charge in [0.15, 0.2) is 0 Å². The zero-order valence-corrected chi connectivity index (χ0v) is 15.8. The van der Waals surface area contributed by atoms with Crippen molar-refractivity contribution < 1.29 is 18.7 Å². The number of rotatable bonds is 4. The quantitative estimate of drug-likeness (QED) is 0.523. The van der Waals surface area contributed by atoms with Crippen molar-refractivity contribution in [2.24, 2.45) is 0 Å². The van der Waals surface area contributed by atoms with Crippen molar-refractivity contribution >= 4 is 49.9 Å². The predicted octanol–water partition coefficient (Wildman–Crippen LogP) is 4.11. The lowest BCUT2D eigenvalue weighted by molar-refractivity contribution is -0.115. The Morgan fingerprint density at radius 3 is 2.24 bits per heavy atom. The fourth-order valence-corrected chi connectivity index (χ4v) is 3.64. The van der Waals surface area contributed by atoms with Crippen LogP contribution in [0.2, 0.25) is 0 Å². The summed E-state index contributed by atoms with van der Waals surface area (Å²) in [5.41, 5.74) is 1.70. The SMILES string of the molecule is O=C1NC(=O)/C(=C/c2cc(Br)c(OCc3ccc(F)cc3)c(Br)c2)N1. The Morgan fingerprint density at radius 2 is 1.68 bits per heavy atom. The lowest BCUT2D eigenvalue weighted by Crippen LogP contribution is -2.22. The van der Waals surface area contributed by atoms with Crippen molar-refractivity contribution in [1.82, 2.24) is 10.6 Å². The average Bonchev–Trinajstić information content (AvgIpc) is 2.86. The van der Waals surface area contributed by atoms with Gasteiger partial charge in [0, 0.05) is 0 Å². The molecule has 0 aromatic heterocycles. The summed E-state index contributed by atoms with van der Waals surface area (Å²) in [5.74, 6) is -0.202. The third-order valence-corrected chi connectivity index (χ3v) is 4.53. The van der Waals surface area contributed by atoms with Crippen molar-refractivity contribution in [1.29, 1.82) is 0 Å². The molecule has 5 nitrogen and oxygen atoms in total. The minimum atomic E-state index is -0.548. The Bertz CT molecular complexity index is 859. The van der Waals surface area contributed by atoms with Gasteiger partial charge in [-0.3, -0.25) is 10.1 Å². The van der Waals surface area contributed by atoms with E-state index in [1.807, 2.05) is 0 Å². The number of carbonyl (C=O) groups excluding carboxylic acids is 2. The molecular formula is C17H11Br2FN2O3. The summed E-state index contributed by atoms with van der Waals surface area (Å²) in [6.45, 7) is 0.274. The second kappa shape index (κ2) is 7.37. The molecule has 2 aromatic rings. The molecule has 2 N–H and O–H groups in total. The highest BCUT2D eigenvalue weighted by Crippen LogP contribution is 2.36. The summed E-state index contributed by atoms with van der Waals surface area (Å²) in [7, 11) is 0. The molecule has 0 unspecified atom stereocenters. The highest BCUT2D eigenvalue weighted by atomic mass is 79.9. The first kappa shape index (κ1) is 17.6. The fourth-order valence-electron chi connectivity index (χ4n) is 2.19. The molecule has 1 aliphatic heterocycles. The molecule has 1 fully saturated rings. The highest BCUT2D eigenvalue weighted by molar-refractivity contribution is 9.11. The van der Waals surface area contributed by atoms with E-state index in [0.717, 1.165) is 5.56 Å². The van der Waals surface area contributed by atoms with Crippen LogP contribution >= 0.6 is 31.9 Å².